The van der Waals surface area contributed by atoms with Crippen LogP contribution in [0.1, 0.15) is 32.1 Å². The smallest absolute Gasteiger partial charge is 0.191 e. The van der Waals surface area contributed by atoms with Gasteiger partial charge in [-0.3, -0.25) is 4.99 Å². The van der Waals surface area contributed by atoms with E-state index in [9.17, 15) is 0 Å². The van der Waals surface area contributed by atoms with Crippen molar-refractivity contribution in [2.24, 2.45) is 10.9 Å². The molecule has 0 aliphatic heterocycles. The molecular formula is C12H21N3. The predicted octanol–water partition coefficient (Wildman–Crippen LogP) is 1.67. The first-order valence-corrected chi connectivity index (χ1v) is 6.00. The SMILES string of the molecule is CN=C(NCC1CCC1)NC1CC=CC1. The Morgan fingerprint density at radius 2 is 2.07 bits per heavy atom. The van der Waals surface area contributed by atoms with Crippen LogP contribution in [0.3, 0.4) is 0 Å². The third-order valence-electron chi connectivity index (χ3n) is 3.36. The lowest BCUT2D eigenvalue weighted by Crippen LogP contribution is -2.44. The summed E-state index contributed by atoms with van der Waals surface area (Å²) in [6.07, 6.45) is 10.9. The Kier molecular flexibility index (Phi) is 3.64. The number of hydrogen-bond acceptors (Lipinski definition) is 1. The number of nitrogens with one attached hydrogen (secondary N) is 2. The molecule has 15 heavy (non-hydrogen) atoms. The van der Waals surface area contributed by atoms with Gasteiger partial charge in [0.15, 0.2) is 5.96 Å². The summed E-state index contributed by atoms with van der Waals surface area (Å²) in [5.74, 6) is 1.85. The molecule has 0 radical (unpaired) electrons. The molecule has 1 fully saturated rings. The van der Waals surface area contributed by atoms with Gasteiger partial charge < -0.3 is 10.6 Å². The second-order valence-corrected chi connectivity index (χ2v) is 4.53. The van der Waals surface area contributed by atoms with E-state index in [2.05, 4.69) is 27.8 Å². The highest BCUT2D eigenvalue weighted by atomic mass is 15.2. The molecule has 0 atom stereocenters. The molecule has 0 aromatic carbocycles. The number of hydrogen-bond donors (Lipinski definition) is 2. The summed E-state index contributed by atoms with van der Waals surface area (Å²) in [5, 5.41) is 6.85. The van der Waals surface area contributed by atoms with Crippen LogP contribution in [0, 0.1) is 5.92 Å². The summed E-state index contributed by atoms with van der Waals surface area (Å²) in [6.45, 7) is 1.08. The highest BCUT2D eigenvalue weighted by Crippen LogP contribution is 2.25. The largest absolute Gasteiger partial charge is 0.356 e. The van der Waals surface area contributed by atoms with Crippen molar-refractivity contribution in [2.75, 3.05) is 13.6 Å². The Morgan fingerprint density at radius 1 is 1.33 bits per heavy atom. The van der Waals surface area contributed by atoms with Gasteiger partial charge in [0.05, 0.1) is 0 Å². The van der Waals surface area contributed by atoms with Crippen LogP contribution in [0.15, 0.2) is 17.1 Å². The molecule has 0 spiro atoms. The van der Waals surface area contributed by atoms with Crippen LogP contribution in [0.2, 0.25) is 0 Å². The minimum atomic E-state index is 0.553. The third-order valence-corrected chi connectivity index (χ3v) is 3.36. The summed E-state index contributed by atoms with van der Waals surface area (Å²) in [4.78, 5) is 4.25. The van der Waals surface area contributed by atoms with E-state index in [1.54, 1.807) is 0 Å². The van der Waals surface area contributed by atoms with Crippen LogP contribution in [0.5, 0.6) is 0 Å². The van der Waals surface area contributed by atoms with E-state index in [1.807, 2.05) is 7.05 Å². The lowest BCUT2D eigenvalue weighted by Gasteiger charge is -2.27. The number of rotatable bonds is 3. The zero-order valence-corrected chi connectivity index (χ0v) is 9.50. The van der Waals surface area contributed by atoms with Crippen molar-refractivity contribution in [2.45, 2.75) is 38.1 Å². The normalized spacial score (nSPS) is 22.9. The third kappa shape index (κ3) is 2.98. The molecule has 3 heteroatoms. The van der Waals surface area contributed by atoms with Crippen LogP contribution < -0.4 is 10.6 Å². The molecule has 0 saturated heterocycles. The van der Waals surface area contributed by atoms with Crippen molar-refractivity contribution in [3.05, 3.63) is 12.2 Å². The fourth-order valence-corrected chi connectivity index (χ4v) is 2.06. The van der Waals surface area contributed by atoms with Crippen LogP contribution in [0.25, 0.3) is 0 Å². The molecule has 1 saturated carbocycles. The molecular weight excluding hydrogens is 186 g/mol. The fourth-order valence-electron chi connectivity index (χ4n) is 2.06. The summed E-state index contributed by atoms with van der Waals surface area (Å²) >= 11 is 0. The van der Waals surface area contributed by atoms with E-state index < -0.39 is 0 Å². The first-order chi connectivity index (χ1) is 7.38. The van der Waals surface area contributed by atoms with Crippen molar-refractivity contribution in [3.8, 4) is 0 Å². The first-order valence-electron chi connectivity index (χ1n) is 6.00. The Labute approximate surface area is 92.0 Å². The quantitative estimate of drug-likeness (QED) is 0.419. The molecule has 0 aromatic heterocycles. The maximum atomic E-state index is 4.25. The highest BCUT2D eigenvalue weighted by Gasteiger charge is 2.18. The van der Waals surface area contributed by atoms with Gasteiger partial charge in [0.25, 0.3) is 0 Å². The maximum Gasteiger partial charge on any atom is 0.191 e. The lowest BCUT2D eigenvalue weighted by atomic mass is 9.85. The molecule has 2 N–H and O–H groups in total. The molecule has 84 valence electrons. The number of aliphatic imine (C=N–C) groups is 1. The Hall–Kier alpha value is -0.990. The van der Waals surface area contributed by atoms with E-state index in [1.165, 1.54) is 19.3 Å². The Bertz CT molecular complexity index is 246. The van der Waals surface area contributed by atoms with Gasteiger partial charge in [-0.2, -0.15) is 0 Å². The van der Waals surface area contributed by atoms with Gasteiger partial charge in [0.1, 0.15) is 0 Å². The minimum absolute atomic E-state index is 0.553. The zero-order valence-electron chi connectivity index (χ0n) is 9.50. The Morgan fingerprint density at radius 3 is 2.60 bits per heavy atom. The maximum absolute atomic E-state index is 4.25. The molecule has 0 bridgehead atoms. The van der Waals surface area contributed by atoms with Crippen molar-refractivity contribution >= 4 is 5.96 Å². The molecule has 0 amide bonds. The van der Waals surface area contributed by atoms with Crippen LogP contribution in [0.4, 0.5) is 0 Å². The molecule has 2 rings (SSSR count). The van der Waals surface area contributed by atoms with Gasteiger partial charge in [-0.15, -0.1) is 0 Å². The van der Waals surface area contributed by atoms with Gasteiger partial charge in [-0.25, -0.2) is 0 Å². The van der Waals surface area contributed by atoms with Crippen molar-refractivity contribution < 1.29 is 0 Å². The molecule has 0 unspecified atom stereocenters. The summed E-state index contributed by atoms with van der Waals surface area (Å²) in [6, 6.07) is 0.553. The minimum Gasteiger partial charge on any atom is -0.356 e. The van der Waals surface area contributed by atoms with Gasteiger partial charge in [0, 0.05) is 19.6 Å². The van der Waals surface area contributed by atoms with E-state index in [-0.39, 0.29) is 0 Å². The topological polar surface area (TPSA) is 36.4 Å². The van der Waals surface area contributed by atoms with Gasteiger partial charge in [-0.05, 0) is 31.6 Å². The number of guanidine groups is 1. The monoisotopic (exact) mass is 207 g/mol. The van der Waals surface area contributed by atoms with E-state index in [0.29, 0.717) is 6.04 Å². The molecule has 3 nitrogen and oxygen atoms in total. The summed E-state index contributed by atoms with van der Waals surface area (Å²) in [7, 11) is 1.85. The van der Waals surface area contributed by atoms with Gasteiger partial charge in [-0.1, -0.05) is 18.6 Å². The fraction of sp³-hybridized carbons (Fsp3) is 0.750. The predicted molar refractivity (Wildman–Crippen MR) is 64.0 cm³/mol. The second-order valence-electron chi connectivity index (χ2n) is 4.53. The van der Waals surface area contributed by atoms with E-state index >= 15 is 0 Å². The van der Waals surface area contributed by atoms with E-state index in [0.717, 1.165) is 31.3 Å². The summed E-state index contributed by atoms with van der Waals surface area (Å²) in [5.41, 5.74) is 0. The van der Waals surface area contributed by atoms with Crippen LogP contribution in [-0.4, -0.2) is 25.6 Å². The molecule has 0 heterocycles. The first kappa shape index (κ1) is 10.5. The lowest BCUT2D eigenvalue weighted by molar-refractivity contribution is 0.314. The van der Waals surface area contributed by atoms with Gasteiger partial charge >= 0.3 is 0 Å². The highest BCUT2D eigenvalue weighted by molar-refractivity contribution is 5.80. The van der Waals surface area contributed by atoms with Crippen LogP contribution >= 0.6 is 0 Å². The molecule has 0 aromatic rings. The molecule has 2 aliphatic rings. The zero-order chi connectivity index (χ0) is 10.5. The van der Waals surface area contributed by atoms with E-state index in [4.69, 9.17) is 0 Å². The van der Waals surface area contributed by atoms with Crippen LogP contribution in [-0.2, 0) is 0 Å². The molecule has 2 aliphatic carbocycles. The van der Waals surface area contributed by atoms with Gasteiger partial charge in [0.2, 0.25) is 0 Å². The average molecular weight is 207 g/mol. The average Bonchev–Trinajstić information content (AvgIpc) is 2.66. The van der Waals surface area contributed by atoms with Crippen molar-refractivity contribution in [3.63, 3.8) is 0 Å². The summed E-state index contributed by atoms with van der Waals surface area (Å²) < 4.78 is 0. The standard InChI is InChI=1S/C12H21N3/c1-13-12(14-9-10-5-4-6-10)15-11-7-2-3-8-11/h2-3,10-11H,4-9H2,1H3,(H2,13,14,15). The Balaban J connectivity index is 1.67. The number of nitrogens with zero attached hydrogens (tertiary/aromatic N) is 1. The van der Waals surface area contributed by atoms with Crippen molar-refractivity contribution in [1.82, 2.24) is 10.6 Å². The van der Waals surface area contributed by atoms with Crippen molar-refractivity contribution in [1.29, 1.82) is 0 Å². The second kappa shape index (κ2) is 5.19.